The Labute approximate surface area is 322 Å². The van der Waals surface area contributed by atoms with E-state index in [0.29, 0.717) is 0 Å². The van der Waals surface area contributed by atoms with Crippen LogP contribution in [0.4, 0.5) is 34.1 Å². The molecule has 2 nitrogen and oxygen atoms in total. The number of hydrogen-bond donors (Lipinski definition) is 0. The van der Waals surface area contributed by atoms with Crippen LogP contribution in [0, 0.1) is 13.8 Å². The van der Waals surface area contributed by atoms with Crippen molar-refractivity contribution in [2.45, 2.75) is 40.5 Å². The van der Waals surface area contributed by atoms with Gasteiger partial charge in [-0.2, -0.15) is 0 Å². The van der Waals surface area contributed by atoms with Crippen LogP contribution in [0.3, 0.4) is 0 Å². The van der Waals surface area contributed by atoms with Crippen molar-refractivity contribution >= 4 is 58.4 Å². The van der Waals surface area contributed by atoms with Gasteiger partial charge in [0.2, 0.25) is 0 Å². The van der Waals surface area contributed by atoms with Gasteiger partial charge < -0.3 is 9.80 Å². The van der Waals surface area contributed by atoms with Crippen LogP contribution in [0.2, 0.25) is 0 Å². The maximum atomic E-state index is 2.39. The number of anilines is 6. The third-order valence-corrected chi connectivity index (χ3v) is 10.0. The number of benzene rings is 7. The Balaban J connectivity index is 1.08. The minimum Gasteiger partial charge on any atom is -0.310 e. The predicted octanol–water partition coefficient (Wildman–Crippen LogP) is 14.7. The van der Waals surface area contributed by atoms with Gasteiger partial charge in [0.05, 0.1) is 11.4 Å². The van der Waals surface area contributed by atoms with Crippen molar-refractivity contribution in [1.82, 2.24) is 0 Å². The second kappa shape index (κ2) is 17.0. The van der Waals surface area contributed by atoms with Gasteiger partial charge in [-0.1, -0.05) is 153 Å². The molecule has 0 aliphatic rings. The summed E-state index contributed by atoms with van der Waals surface area (Å²) < 4.78 is 0. The minimum absolute atomic E-state index is 0.976. The third kappa shape index (κ3) is 8.14. The van der Waals surface area contributed by atoms with Gasteiger partial charge in [-0.3, -0.25) is 0 Å². The lowest BCUT2D eigenvalue weighted by Gasteiger charge is -2.29. The number of hydrogen-bond acceptors (Lipinski definition) is 2. The molecule has 2 heteroatoms. The molecule has 266 valence electrons. The van der Waals surface area contributed by atoms with Gasteiger partial charge in [0.25, 0.3) is 0 Å². The molecule has 54 heavy (non-hydrogen) atoms. The molecule has 0 fully saturated rings. The van der Waals surface area contributed by atoms with Crippen LogP contribution >= 0.6 is 0 Å². The maximum Gasteiger partial charge on any atom is 0.0522 e. The van der Waals surface area contributed by atoms with Crippen LogP contribution in [0.1, 0.15) is 58.4 Å². The van der Waals surface area contributed by atoms with Crippen molar-refractivity contribution in [3.8, 4) is 0 Å². The van der Waals surface area contributed by atoms with E-state index in [2.05, 4.69) is 232 Å². The van der Waals surface area contributed by atoms with E-state index in [4.69, 9.17) is 0 Å². The van der Waals surface area contributed by atoms with Crippen molar-refractivity contribution in [3.63, 3.8) is 0 Å². The maximum absolute atomic E-state index is 2.39. The van der Waals surface area contributed by atoms with Crippen molar-refractivity contribution < 1.29 is 0 Å². The highest BCUT2D eigenvalue weighted by Gasteiger charge is 2.18. The number of rotatable bonds is 12. The Bertz CT molecular complexity index is 2190. The van der Waals surface area contributed by atoms with Gasteiger partial charge in [0, 0.05) is 22.7 Å². The molecule has 0 aromatic heterocycles. The second-order valence-electron chi connectivity index (χ2n) is 13.7. The molecule has 0 aliphatic heterocycles. The van der Waals surface area contributed by atoms with Gasteiger partial charge >= 0.3 is 0 Å². The quantitative estimate of drug-likeness (QED) is 0.117. The van der Waals surface area contributed by atoms with E-state index in [9.17, 15) is 0 Å². The molecule has 0 saturated carbocycles. The van der Waals surface area contributed by atoms with Crippen molar-refractivity contribution in [3.05, 3.63) is 214 Å². The SMILES string of the molecule is CCc1cccc(C)c1N(c1ccccc1)c1ccc(/C=C/c2cccc(/C=C/c3ccc(N(c4ccccc4)c4c(C)cccc4CC)cc3)c2)cc1. The van der Waals surface area contributed by atoms with Crippen LogP contribution in [0.15, 0.2) is 170 Å². The summed E-state index contributed by atoms with van der Waals surface area (Å²) in [5, 5.41) is 0. The van der Waals surface area contributed by atoms with E-state index in [1.54, 1.807) is 0 Å². The van der Waals surface area contributed by atoms with Crippen LogP contribution in [-0.4, -0.2) is 0 Å². The highest BCUT2D eigenvalue weighted by Crippen LogP contribution is 2.40. The van der Waals surface area contributed by atoms with E-state index < -0.39 is 0 Å². The summed E-state index contributed by atoms with van der Waals surface area (Å²) in [6.07, 6.45) is 10.7. The lowest BCUT2D eigenvalue weighted by Crippen LogP contribution is -2.13. The third-order valence-electron chi connectivity index (χ3n) is 10.0. The molecule has 0 amide bonds. The highest BCUT2D eigenvalue weighted by atomic mass is 15.2. The molecule has 7 aromatic carbocycles. The molecule has 0 unspecified atom stereocenters. The first-order valence-electron chi connectivity index (χ1n) is 19.1. The molecule has 0 radical (unpaired) electrons. The Morgan fingerprint density at radius 1 is 0.352 bits per heavy atom. The smallest absolute Gasteiger partial charge is 0.0522 e. The lowest BCUT2D eigenvalue weighted by molar-refractivity contribution is 1.10. The predicted molar refractivity (Wildman–Crippen MR) is 235 cm³/mol. The molecule has 7 aromatic rings. The monoisotopic (exact) mass is 700 g/mol. The molecule has 0 aliphatic carbocycles. The number of aryl methyl sites for hydroxylation is 4. The van der Waals surface area contributed by atoms with Crippen LogP contribution in [-0.2, 0) is 12.8 Å². The first-order chi connectivity index (χ1) is 26.5. The average Bonchev–Trinajstić information content (AvgIpc) is 3.22. The molecular weight excluding hydrogens is 653 g/mol. The standard InChI is InChI=1S/C52H48N2/c1-5-45-20-13-16-39(3)51(45)53(47-22-9-7-10-23-47)49-34-30-41(31-35-49)26-28-43-18-15-19-44(38-43)29-27-42-32-36-50(37-33-42)54(48-24-11-8-12-25-48)52-40(4)17-14-21-46(52)6-2/h7-38H,5-6H2,1-4H3/b28-26+,29-27+. The van der Waals surface area contributed by atoms with Crippen molar-refractivity contribution in [2.24, 2.45) is 0 Å². The molecule has 0 bridgehead atoms. The summed E-state index contributed by atoms with van der Waals surface area (Å²) in [6.45, 7) is 8.86. The van der Waals surface area contributed by atoms with Gasteiger partial charge in [0.1, 0.15) is 0 Å². The Kier molecular flexibility index (Phi) is 11.3. The second-order valence-corrected chi connectivity index (χ2v) is 13.7. The van der Waals surface area contributed by atoms with Crippen LogP contribution in [0.25, 0.3) is 24.3 Å². The summed E-state index contributed by atoms with van der Waals surface area (Å²) >= 11 is 0. The summed E-state index contributed by atoms with van der Waals surface area (Å²) in [7, 11) is 0. The van der Waals surface area contributed by atoms with E-state index in [0.717, 1.165) is 46.7 Å². The van der Waals surface area contributed by atoms with Gasteiger partial charge in [0.15, 0.2) is 0 Å². The zero-order valence-electron chi connectivity index (χ0n) is 31.8. The zero-order chi connectivity index (χ0) is 37.3. The molecule has 0 heterocycles. The number of nitrogens with zero attached hydrogens (tertiary/aromatic N) is 2. The van der Waals surface area contributed by atoms with Crippen molar-refractivity contribution in [1.29, 1.82) is 0 Å². The largest absolute Gasteiger partial charge is 0.310 e. The summed E-state index contributed by atoms with van der Waals surface area (Å²) in [4.78, 5) is 4.77. The first-order valence-corrected chi connectivity index (χ1v) is 19.1. The summed E-state index contributed by atoms with van der Waals surface area (Å²) in [6, 6.07) is 61.0. The molecule has 0 saturated heterocycles. The fraction of sp³-hybridized carbons (Fsp3) is 0.115. The van der Waals surface area contributed by atoms with E-state index >= 15 is 0 Å². The molecule has 0 N–H and O–H groups in total. The Hall–Kier alpha value is -6.38. The highest BCUT2D eigenvalue weighted by molar-refractivity contribution is 5.83. The first kappa shape index (κ1) is 36.0. The Morgan fingerprint density at radius 2 is 0.704 bits per heavy atom. The number of para-hydroxylation sites is 4. The van der Waals surface area contributed by atoms with Crippen LogP contribution in [0.5, 0.6) is 0 Å². The van der Waals surface area contributed by atoms with E-state index in [-0.39, 0.29) is 0 Å². The minimum atomic E-state index is 0.976. The molecule has 7 rings (SSSR count). The van der Waals surface area contributed by atoms with Gasteiger partial charge in [-0.05, 0) is 126 Å². The van der Waals surface area contributed by atoms with E-state index in [1.807, 2.05) is 0 Å². The normalized spacial score (nSPS) is 11.3. The van der Waals surface area contributed by atoms with Crippen molar-refractivity contribution in [2.75, 3.05) is 9.80 Å². The summed E-state index contributed by atoms with van der Waals surface area (Å²) in [5.41, 5.74) is 17.0. The molecular formula is C52H48N2. The van der Waals surface area contributed by atoms with Gasteiger partial charge in [-0.25, -0.2) is 0 Å². The molecule has 0 spiro atoms. The Morgan fingerprint density at radius 3 is 1.09 bits per heavy atom. The average molecular weight is 701 g/mol. The van der Waals surface area contributed by atoms with Gasteiger partial charge in [-0.15, -0.1) is 0 Å². The zero-order valence-corrected chi connectivity index (χ0v) is 31.8. The lowest BCUT2D eigenvalue weighted by atomic mass is 10.0. The fourth-order valence-electron chi connectivity index (χ4n) is 7.24. The molecule has 0 atom stereocenters. The fourth-order valence-corrected chi connectivity index (χ4v) is 7.24. The summed E-state index contributed by atoms with van der Waals surface area (Å²) in [5.74, 6) is 0. The van der Waals surface area contributed by atoms with E-state index in [1.165, 1.54) is 44.8 Å². The van der Waals surface area contributed by atoms with Crippen LogP contribution < -0.4 is 9.80 Å². The topological polar surface area (TPSA) is 6.48 Å².